The Kier molecular flexibility index (Phi) is 6.69. The van der Waals surface area contributed by atoms with Gasteiger partial charge >= 0.3 is 186 Å². The van der Waals surface area contributed by atoms with Gasteiger partial charge in [-0.3, -0.25) is 0 Å². The van der Waals surface area contributed by atoms with Crippen LogP contribution in [0.1, 0.15) is 11.1 Å². The third-order valence-corrected chi connectivity index (χ3v) is 10.1. The van der Waals surface area contributed by atoms with Gasteiger partial charge in [0.05, 0.1) is 0 Å². The van der Waals surface area contributed by atoms with Crippen LogP contribution >= 0.6 is 23.5 Å². The van der Waals surface area contributed by atoms with Crippen molar-refractivity contribution in [2.45, 2.75) is 14.7 Å². The first-order chi connectivity index (χ1) is 15.3. The SMILES string of the molecule is c1ccc(Sc2ccc(C3(c4ccc([I-]c5ccccc5)cc4)OCCS3)cc2)cc1. The summed E-state index contributed by atoms with van der Waals surface area (Å²) in [4.78, 5) is 2.10. The third kappa shape index (κ3) is 4.87. The molecule has 1 aliphatic rings. The van der Waals surface area contributed by atoms with Crippen molar-refractivity contribution >= 4 is 23.5 Å². The van der Waals surface area contributed by atoms with Crippen LogP contribution in [0.15, 0.2) is 119 Å². The zero-order chi connectivity index (χ0) is 20.9. The van der Waals surface area contributed by atoms with Gasteiger partial charge in [-0.1, -0.05) is 18.2 Å². The van der Waals surface area contributed by atoms with Crippen LogP contribution in [-0.2, 0) is 9.67 Å². The first-order valence-electron chi connectivity index (χ1n) is 10.2. The molecular weight excluding hydrogens is 531 g/mol. The van der Waals surface area contributed by atoms with Crippen LogP contribution in [0.4, 0.5) is 0 Å². The zero-order valence-corrected chi connectivity index (χ0v) is 20.7. The van der Waals surface area contributed by atoms with Crippen molar-refractivity contribution in [3.63, 3.8) is 0 Å². The van der Waals surface area contributed by atoms with Gasteiger partial charge in [0.1, 0.15) is 0 Å². The topological polar surface area (TPSA) is 9.23 Å². The smallest absolute Gasteiger partial charge is 0.0611 e. The molecule has 1 nitrogen and oxygen atoms in total. The van der Waals surface area contributed by atoms with E-state index in [0.29, 0.717) is 0 Å². The molecule has 31 heavy (non-hydrogen) atoms. The molecule has 0 radical (unpaired) electrons. The van der Waals surface area contributed by atoms with Crippen LogP contribution in [0, 0.1) is 7.14 Å². The molecule has 0 aliphatic carbocycles. The molecule has 1 unspecified atom stereocenters. The van der Waals surface area contributed by atoms with E-state index in [4.69, 9.17) is 4.74 Å². The second kappa shape index (κ2) is 9.82. The Morgan fingerprint density at radius 2 is 1.19 bits per heavy atom. The number of hydrogen-bond donors (Lipinski definition) is 0. The van der Waals surface area contributed by atoms with Crippen LogP contribution in [0.5, 0.6) is 0 Å². The molecule has 0 saturated carbocycles. The van der Waals surface area contributed by atoms with E-state index in [0.717, 1.165) is 12.4 Å². The van der Waals surface area contributed by atoms with E-state index in [2.05, 4.69) is 109 Å². The summed E-state index contributed by atoms with van der Waals surface area (Å²) in [5.41, 5.74) is 2.46. The minimum absolute atomic E-state index is 0.149. The van der Waals surface area contributed by atoms with Crippen molar-refractivity contribution in [2.75, 3.05) is 12.4 Å². The van der Waals surface area contributed by atoms with Gasteiger partial charge in [0.25, 0.3) is 0 Å². The fourth-order valence-electron chi connectivity index (χ4n) is 3.62. The number of thioether (sulfide) groups is 1. The Balaban J connectivity index is 1.38. The summed E-state index contributed by atoms with van der Waals surface area (Å²) in [6.45, 7) is 0.782. The van der Waals surface area contributed by atoms with Crippen LogP contribution in [0.3, 0.4) is 0 Å². The number of rotatable bonds is 6. The summed E-state index contributed by atoms with van der Waals surface area (Å²) in [5, 5.41) is 0. The second-order valence-corrected chi connectivity index (χ2v) is 12.6. The summed E-state index contributed by atoms with van der Waals surface area (Å²) >= 11 is 3.54. The summed E-state index contributed by atoms with van der Waals surface area (Å²) < 4.78 is 9.27. The van der Waals surface area contributed by atoms with E-state index >= 15 is 0 Å². The molecule has 0 bridgehead atoms. The van der Waals surface area contributed by atoms with E-state index in [9.17, 15) is 0 Å². The maximum absolute atomic E-state index is 6.39. The maximum atomic E-state index is 6.39. The van der Waals surface area contributed by atoms with Crippen molar-refractivity contribution in [3.8, 4) is 0 Å². The van der Waals surface area contributed by atoms with Gasteiger partial charge in [0, 0.05) is 0 Å². The zero-order valence-electron chi connectivity index (χ0n) is 16.9. The Hall–Kier alpha value is -1.73. The van der Waals surface area contributed by atoms with Crippen molar-refractivity contribution in [2.24, 2.45) is 0 Å². The quantitative estimate of drug-likeness (QED) is 0.335. The predicted octanol–water partition coefficient (Wildman–Crippen LogP) is 3.93. The van der Waals surface area contributed by atoms with Gasteiger partial charge < -0.3 is 0 Å². The summed E-state index contributed by atoms with van der Waals surface area (Å²) in [5.74, 6) is 1.01. The van der Waals surface area contributed by atoms with E-state index in [1.54, 1.807) is 11.8 Å². The number of benzene rings is 4. The Morgan fingerprint density at radius 3 is 1.81 bits per heavy atom. The standard InChI is InChI=1S/C27H22IOS2/c1-3-7-23(8-4-1)28-24-15-11-21(12-16-24)27(29-19-20-30-27)22-13-17-26(18-14-22)31-25-9-5-2-6-10-25/h1-18H,19-20H2/q-1. The third-order valence-electron chi connectivity index (χ3n) is 5.08. The van der Waals surface area contributed by atoms with Gasteiger partial charge in [-0.15, -0.1) is 0 Å². The molecule has 1 heterocycles. The Bertz CT molecular complexity index is 1020. The van der Waals surface area contributed by atoms with Crippen molar-refractivity contribution in [1.82, 2.24) is 0 Å². The van der Waals surface area contributed by atoms with Gasteiger partial charge in [-0.05, 0) is 0 Å². The predicted molar refractivity (Wildman–Crippen MR) is 126 cm³/mol. The van der Waals surface area contributed by atoms with E-state index < -0.39 is 4.93 Å². The average Bonchev–Trinajstić information content (AvgIpc) is 3.33. The van der Waals surface area contributed by atoms with Gasteiger partial charge in [-0.2, -0.15) is 0 Å². The molecule has 4 aromatic carbocycles. The van der Waals surface area contributed by atoms with Crippen LogP contribution in [0.2, 0.25) is 0 Å². The van der Waals surface area contributed by atoms with E-state index in [1.807, 2.05) is 11.8 Å². The van der Waals surface area contributed by atoms with E-state index in [1.165, 1.54) is 28.1 Å². The molecule has 0 amide bonds. The fraction of sp³-hybridized carbons (Fsp3) is 0.111. The molecule has 0 spiro atoms. The summed E-state index contributed by atoms with van der Waals surface area (Å²) in [6, 6.07) is 39.3. The molecule has 5 rings (SSSR count). The van der Waals surface area contributed by atoms with Crippen LogP contribution in [0.25, 0.3) is 0 Å². The van der Waals surface area contributed by atoms with Gasteiger partial charge in [0.2, 0.25) is 0 Å². The van der Waals surface area contributed by atoms with Gasteiger partial charge in [0.15, 0.2) is 0 Å². The van der Waals surface area contributed by atoms with Gasteiger partial charge in [-0.25, -0.2) is 0 Å². The fourth-order valence-corrected chi connectivity index (χ4v) is 7.89. The molecule has 0 N–H and O–H groups in total. The van der Waals surface area contributed by atoms with Crippen molar-refractivity contribution in [1.29, 1.82) is 0 Å². The first kappa shape index (κ1) is 21.1. The van der Waals surface area contributed by atoms with E-state index in [-0.39, 0.29) is 21.2 Å². The molecule has 4 heteroatoms. The molecule has 1 fully saturated rings. The van der Waals surface area contributed by atoms with Crippen LogP contribution < -0.4 is 21.2 Å². The Morgan fingerprint density at radius 1 is 0.645 bits per heavy atom. The monoisotopic (exact) mass is 553 g/mol. The summed E-state index contributed by atoms with van der Waals surface area (Å²) in [6.07, 6.45) is 0. The molecule has 1 saturated heterocycles. The Labute approximate surface area is 202 Å². The summed E-state index contributed by atoms with van der Waals surface area (Å²) in [7, 11) is 0. The molecule has 1 aliphatic heterocycles. The minimum Gasteiger partial charge on any atom is -0.0611 e. The van der Waals surface area contributed by atoms with Crippen LogP contribution in [-0.4, -0.2) is 12.4 Å². The first-order valence-corrected chi connectivity index (χ1v) is 14.2. The number of halogens is 1. The normalized spacial score (nSPS) is 18.3. The second-order valence-electron chi connectivity index (χ2n) is 7.15. The van der Waals surface area contributed by atoms with Crippen molar-refractivity contribution < 1.29 is 25.9 Å². The molecular formula is C27H22IOS2-. The number of hydrogen-bond acceptors (Lipinski definition) is 3. The molecule has 4 aromatic rings. The molecule has 156 valence electrons. The molecule has 0 aromatic heterocycles. The molecule has 1 atom stereocenters. The average molecular weight is 554 g/mol. The minimum atomic E-state index is -0.403. The van der Waals surface area contributed by atoms with Crippen molar-refractivity contribution in [3.05, 3.63) is 127 Å². The number of ether oxygens (including phenoxy) is 1.